The molecule has 1 amide bonds. The number of aliphatic hydroxyl groups excluding tert-OH is 1. The minimum absolute atomic E-state index is 0.156. The number of hydrogen-bond donors (Lipinski definition) is 2. The number of likely N-dealkylation sites (tertiary alicyclic amines) is 1. The molecular formula is C18H34N2O2. The van der Waals surface area contributed by atoms with Crippen LogP contribution in [0.25, 0.3) is 0 Å². The Morgan fingerprint density at radius 3 is 2.50 bits per heavy atom. The molecule has 0 aromatic heterocycles. The SMILES string of the molecule is CC(C)(C)C(=O)NC1CC(CCCO)CN(CC2CCC2)C1. The smallest absolute Gasteiger partial charge is 0.225 e. The highest BCUT2D eigenvalue weighted by Crippen LogP contribution is 2.30. The van der Waals surface area contributed by atoms with E-state index in [4.69, 9.17) is 5.11 Å². The van der Waals surface area contributed by atoms with Crippen molar-refractivity contribution in [3.8, 4) is 0 Å². The third-order valence-corrected chi connectivity index (χ3v) is 5.14. The lowest BCUT2D eigenvalue weighted by Crippen LogP contribution is -2.53. The van der Waals surface area contributed by atoms with Gasteiger partial charge in [0.05, 0.1) is 0 Å². The van der Waals surface area contributed by atoms with Crippen molar-refractivity contribution in [3.63, 3.8) is 0 Å². The molecule has 0 bridgehead atoms. The van der Waals surface area contributed by atoms with Crippen molar-refractivity contribution in [2.45, 2.75) is 65.3 Å². The van der Waals surface area contributed by atoms with E-state index in [-0.39, 0.29) is 24.0 Å². The number of nitrogens with one attached hydrogen (secondary N) is 1. The van der Waals surface area contributed by atoms with E-state index in [0.29, 0.717) is 5.92 Å². The molecule has 2 unspecified atom stereocenters. The van der Waals surface area contributed by atoms with Crippen LogP contribution in [-0.2, 0) is 4.79 Å². The van der Waals surface area contributed by atoms with E-state index < -0.39 is 0 Å². The summed E-state index contributed by atoms with van der Waals surface area (Å²) in [6.07, 6.45) is 7.13. The molecule has 0 aromatic rings. The Morgan fingerprint density at radius 1 is 1.23 bits per heavy atom. The zero-order valence-electron chi connectivity index (χ0n) is 14.6. The van der Waals surface area contributed by atoms with E-state index in [9.17, 15) is 4.79 Å². The Morgan fingerprint density at radius 2 is 1.95 bits per heavy atom. The number of piperidine rings is 1. The maximum absolute atomic E-state index is 12.3. The van der Waals surface area contributed by atoms with Gasteiger partial charge in [0.2, 0.25) is 5.91 Å². The van der Waals surface area contributed by atoms with E-state index >= 15 is 0 Å². The highest BCUT2D eigenvalue weighted by atomic mass is 16.2. The molecule has 4 heteroatoms. The first kappa shape index (κ1) is 17.7. The van der Waals surface area contributed by atoms with Crippen LogP contribution < -0.4 is 5.32 Å². The summed E-state index contributed by atoms with van der Waals surface area (Å²) in [6.45, 7) is 9.52. The van der Waals surface area contributed by atoms with Gasteiger partial charge in [-0.05, 0) is 43.9 Å². The average molecular weight is 310 g/mol. The minimum atomic E-state index is -0.323. The van der Waals surface area contributed by atoms with Crippen molar-refractivity contribution < 1.29 is 9.90 Å². The van der Waals surface area contributed by atoms with Crippen molar-refractivity contribution in [3.05, 3.63) is 0 Å². The average Bonchev–Trinajstić information content (AvgIpc) is 2.39. The van der Waals surface area contributed by atoms with Gasteiger partial charge in [0, 0.05) is 37.7 Å². The van der Waals surface area contributed by atoms with Gasteiger partial charge in [-0.25, -0.2) is 0 Å². The predicted octanol–water partition coefficient (Wildman–Crippen LogP) is 2.41. The summed E-state index contributed by atoms with van der Waals surface area (Å²) in [5.41, 5.74) is -0.323. The zero-order chi connectivity index (χ0) is 16.2. The molecular weight excluding hydrogens is 276 g/mol. The summed E-state index contributed by atoms with van der Waals surface area (Å²) in [7, 11) is 0. The fourth-order valence-electron chi connectivity index (χ4n) is 3.59. The molecule has 1 heterocycles. The summed E-state index contributed by atoms with van der Waals surface area (Å²) >= 11 is 0. The Balaban J connectivity index is 1.90. The minimum Gasteiger partial charge on any atom is -0.396 e. The number of rotatable bonds is 6. The maximum atomic E-state index is 12.3. The Labute approximate surface area is 135 Å². The summed E-state index contributed by atoms with van der Waals surface area (Å²) in [5, 5.41) is 12.4. The van der Waals surface area contributed by atoms with Gasteiger partial charge in [-0.3, -0.25) is 4.79 Å². The quantitative estimate of drug-likeness (QED) is 0.792. The first-order valence-corrected chi connectivity index (χ1v) is 9.02. The van der Waals surface area contributed by atoms with Crippen molar-refractivity contribution in [2.75, 3.05) is 26.2 Å². The van der Waals surface area contributed by atoms with E-state index in [1.54, 1.807) is 0 Å². The first-order valence-electron chi connectivity index (χ1n) is 9.02. The highest BCUT2D eigenvalue weighted by molar-refractivity contribution is 5.81. The normalized spacial score (nSPS) is 27.5. The fraction of sp³-hybridized carbons (Fsp3) is 0.944. The third-order valence-electron chi connectivity index (χ3n) is 5.14. The lowest BCUT2D eigenvalue weighted by Gasteiger charge is -2.41. The molecule has 1 saturated heterocycles. The van der Waals surface area contributed by atoms with E-state index in [2.05, 4.69) is 10.2 Å². The van der Waals surface area contributed by atoms with Gasteiger partial charge in [0.25, 0.3) is 0 Å². The van der Waals surface area contributed by atoms with Crippen molar-refractivity contribution in [1.29, 1.82) is 0 Å². The van der Waals surface area contributed by atoms with E-state index in [0.717, 1.165) is 38.3 Å². The molecule has 0 radical (unpaired) electrons. The van der Waals surface area contributed by atoms with E-state index in [1.807, 2.05) is 20.8 Å². The molecule has 128 valence electrons. The van der Waals surface area contributed by atoms with Crippen LogP contribution in [0.1, 0.15) is 59.3 Å². The Hall–Kier alpha value is -0.610. The van der Waals surface area contributed by atoms with Crippen LogP contribution in [0.5, 0.6) is 0 Å². The van der Waals surface area contributed by atoms with Crippen LogP contribution in [0.3, 0.4) is 0 Å². The van der Waals surface area contributed by atoms with Crippen molar-refractivity contribution in [2.24, 2.45) is 17.3 Å². The lowest BCUT2D eigenvalue weighted by molar-refractivity contribution is -0.129. The van der Waals surface area contributed by atoms with E-state index in [1.165, 1.54) is 25.8 Å². The molecule has 2 N–H and O–H groups in total. The van der Waals surface area contributed by atoms with Crippen LogP contribution in [0, 0.1) is 17.3 Å². The third kappa shape index (κ3) is 5.24. The first-order chi connectivity index (χ1) is 10.4. The molecule has 2 aliphatic rings. The number of aliphatic hydroxyl groups is 1. The monoisotopic (exact) mass is 310 g/mol. The standard InChI is InChI=1S/C18H34N2O2/c1-18(2,3)17(22)19-16-10-15(8-5-9-21)12-20(13-16)11-14-6-4-7-14/h14-16,21H,4-13H2,1-3H3,(H,19,22). The Bertz CT molecular complexity index is 361. The fourth-order valence-corrected chi connectivity index (χ4v) is 3.59. The summed E-state index contributed by atoms with van der Waals surface area (Å²) in [5.74, 6) is 1.63. The molecule has 2 atom stereocenters. The Kier molecular flexibility index (Phi) is 6.27. The van der Waals surface area contributed by atoms with Gasteiger partial charge < -0.3 is 15.3 Å². The number of nitrogens with zero attached hydrogens (tertiary/aromatic N) is 1. The van der Waals surface area contributed by atoms with Crippen LogP contribution >= 0.6 is 0 Å². The summed E-state index contributed by atoms with van der Waals surface area (Å²) < 4.78 is 0. The van der Waals surface area contributed by atoms with Crippen molar-refractivity contribution in [1.82, 2.24) is 10.2 Å². The second kappa shape index (κ2) is 7.78. The van der Waals surface area contributed by atoms with Crippen molar-refractivity contribution >= 4 is 5.91 Å². The lowest BCUT2D eigenvalue weighted by atomic mass is 9.83. The van der Waals surface area contributed by atoms with Gasteiger partial charge >= 0.3 is 0 Å². The number of carbonyl (C=O) groups is 1. The molecule has 1 aliphatic carbocycles. The maximum Gasteiger partial charge on any atom is 0.225 e. The molecule has 2 rings (SSSR count). The highest BCUT2D eigenvalue weighted by Gasteiger charge is 2.32. The molecule has 1 saturated carbocycles. The molecule has 22 heavy (non-hydrogen) atoms. The van der Waals surface area contributed by atoms with Gasteiger partial charge in [-0.2, -0.15) is 0 Å². The van der Waals surface area contributed by atoms with Crippen LogP contribution in [0.2, 0.25) is 0 Å². The molecule has 0 aromatic carbocycles. The summed E-state index contributed by atoms with van der Waals surface area (Å²) in [6, 6.07) is 0.268. The topological polar surface area (TPSA) is 52.6 Å². The van der Waals surface area contributed by atoms with Gasteiger partial charge in [0.15, 0.2) is 0 Å². The number of hydrogen-bond acceptors (Lipinski definition) is 3. The summed E-state index contributed by atoms with van der Waals surface area (Å²) in [4.78, 5) is 14.8. The molecule has 0 spiro atoms. The molecule has 1 aliphatic heterocycles. The molecule has 2 fully saturated rings. The van der Waals surface area contributed by atoms with Crippen LogP contribution in [-0.4, -0.2) is 48.2 Å². The van der Waals surface area contributed by atoms with Gasteiger partial charge in [-0.15, -0.1) is 0 Å². The predicted molar refractivity (Wildman–Crippen MR) is 89.6 cm³/mol. The largest absolute Gasteiger partial charge is 0.396 e. The number of amides is 1. The second-order valence-corrected chi connectivity index (χ2v) is 8.40. The van der Waals surface area contributed by atoms with Crippen LogP contribution in [0.15, 0.2) is 0 Å². The number of carbonyl (C=O) groups excluding carboxylic acids is 1. The zero-order valence-corrected chi connectivity index (χ0v) is 14.6. The molecule has 4 nitrogen and oxygen atoms in total. The van der Waals surface area contributed by atoms with Gasteiger partial charge in [0.1, 0.15) is 0 Å². The second-order valence-electron chi connectivity index (χ2n) is 8.40. The van der Waals surface area contributed by atoms with Gasteiger partial charge in [-0.1, -0.05) is 27.2 Å². The van der Waals surface area contributed by atoms with Crippen LogP contribution in [0.4, 0.5) is 0 Å².